The fraction of sp³-hybridized carbons (Fsp3) is 0.500. The van der Waals surface area contributed by atoms with Gasteiger partial charge in [-0.05, 0) is 12.8 Å². The summed E-state index contributed by atoms with van der Waals surface area (Å²) in [6.07, 6.45) is 4.08. The van der Waals surface area contributed by atoms with Crippen LogP contribution in [0.25, 0.3) is 0 Å². The van der Waals surface area contributed by atoms with Gasteiger partial charge in [-0.2, -0.15) is 0 Å². The summed E-state index contributed by atoms with van der Waals surface area (Å²) in [4.78, 5) is 0. The van der Waals surface area contributed by atoms with Crippen LogP contribution in [0.2, 0.25) is 0 Å². The van der Waals surface area contributed by atoms with E-state index in [-0.39, 0.29) is 36.7 Å². The minimum Gasteiger partial charge on any atom is -0.396 e. The van der Waals surface area contributed by atoms with Gasteiger partial charge in [-0.3, -0.25) is 0 Å². The predicted octanol–water partition coefficient (Wildman–Crippen LogP) is 7.15. The Kier molecular flexibility index (Phi) is 23.7. The second kappa shape index (κ2) is 21.1. The Morgan fingerprint density at radius 1 is 0.613 bits per heavy atom. The first-order chi connectivity index (χ1) is 14.0. The molecule has 2 aromatic carbocycles. The van der Waals surface area contributed by atoms with Gasteiger partial charge in [-0.1, -0.05) is 126 Å². The van der Waals surface area contributed by atoms with Gasteiger partial charge in [0.1, 0.15) is 0 Å². The van der Waals surface area contributed by atoms with Crippen molar-refractivity contribution in [1.82, 2.24) is 0 Å². The normalized spacial score (nSPS) is 10.1. The molecular formula is C28H46HfO2-2. The Balaban J connectivity index is -0.000000353. The van der Waals surface area contributed by atoms with Crippen molar-refractivity contribution >= 4 is 0 Å². The maximum Gasteiger partial charge on any atom is 0.0430 e. The van der Waals surface area contributed by atoms with Crippen LogP contribution in [0.4, 0.5) is 0 Å². The van der Waals surface area contributed by atoms with Gasteiger partial charge in [0.15, 0.2) is 0 Å². The zero-order valence-corrected chi connectivity index (χ0v) is 24.4. The van der Waals surface area contributed by atoms with Gasteiger partial charge in [0.25, 0.3) is 0 Å². The molecule has 0 spiro atoms. The third-order valence-electron chi connectivity index (χ3n) is 4.13. The SMILES string of the molecule is CCCCO.CCCCO.[CH2-]C(C)(C)c1ccccc1.[CH2-]C(C)(C)c1ccccc1.[Hf]. The van der Waals surface area contributed by atoms with Crippen molar-refractivity contribution in [2.24, 2.45) is 0 Å². The molecule has 0 aromatic heterocycles. The van der Waals surface area contributed by atoms with Crippen LogP contribution in [0.1, 0.15) is 78.4 Å². The number of hydrogen-bond acceptors (Lipinski definition) is 2. The van der Waals surface area contributed by atoms with Crippen molar-refractivity contribution in [3.63, 3.8) is 0 Å². The van der Waals surface area contributed by atoms with E-state index >= 15 is 0 Å². The zero-order chi connectivity index (χ0) is 23.5. The summed E-state index contributed by atoms with van der Waals surface area (Å²) in [5, 5.41) is 16.1. The van der Waals surface area contributed by atoms with Crippen LogP contribution in [0.5, 0.6) is 0 Å². The van der Waals surface area contributed by atoms with E-state index in [1.165, 1.54) is 11.1 Å². The molecule has 0 aliphatic heterocycles. The molecule has 2 nitrogen and oxygen atoms in total. The molecule has 0 radical (unpaired) electrons. The first-order valence-corrected chi connectivity index (χ1v) is 11.1. The van der Waals surface area contributed by atoms with Crippen molar-refractivity contribution < 1.29 is 36.1 Å². The number of unbranched alkanes of at least 4 members (excludes halogenated alkanes) is 2. The summed E-state index contributed by atoms with van der Waals surface area (Å²) in [6.45, 7) is 21.3. The number of benzene rings is 2. The van der Waals surface area contributed by atoms with Crippen LogP contribution in [0, 0.1) is 13.8 Å². The standard InChI is InChI=1S/2C10H13.2C4H10O.Hf/c2*1-10(2,3)9-7-5-4-6-8-9;2*1-2-3-4-5;/h2*4-8H,1H2,2-3H3;2*5H,2-4H2,1H3;/q2*-1;;;. The van der Waals surface area contributed by atoms with Crippen molar-refractivity contribution in [3.8, 4) is 0 Å². The average molecular weight is 593 g/mol. The van der Waals surface area contributed by atoms with Crippen LogP contribution < -0.4 is 0 Å². The first-order valence-electron chi connectivity index (χ1n) is 11.1. The average Bonchev–Trinajstić information content (AvgIpc) is 2.71. The second-order valence-corrected chi connectivity index (χ2v) is 8.65. The van der Waals surface area contributed by atoms with Gasteiger partial charge in [0.2, 0.25) is 0 Å². The van der Waals surface area contributed by atoms with E-state index in [2.05, 4.69) is 79.7 Å². The molecule has 3 heteroatoms. The van der Waals surface area contributed by atoms with Crippen molar-refractivity contribution in [1.29, 1.82) is 0 Å². The van der Waals surface area contributed by atoms with Crippen LogP contribution in [0.15, 0.2) is 60.7 Å². The van der Waals surface area contributed by atoms with Crippen molar-refractivity contribution in [2.45, 2.75) is 78.1 Å². The number of hydrogen-bond donors (Lipinski definition) is 2. The summed E-state index contributed by atoms with van der Waals surface area (Å²) in [5.41, 5.74) is 2.66. The van der Waals surface area contributed by atoms with Crippen LogP contribution >= 0.6 is 0 Å². The van der Waals surface area contributed by atoms with E-state index in [4.69, 9.17) is 10.2 Å². The first kappa shape index (κ1) is 34.8. The molecule has 0 fully saturated rings. The van der Waals surface area contributed by atoms with Gasteiger partial charge < -0.3 is 24.1 Å². The van der Waals surface area contributed by atoms with E-state index in [1.54, 1.807) is 0 Å². The van der Waals surface area contributed by atoms with Gasteiger partial charge >= 0.3 is 0 Å². The maximum atomic E-state index is 8.07. The maximum absolute atomic E-state index is 8.07. The number of rotatable bonds is 6. The minimum atomic E-state index is 0. The topological polar surface area (TPSA) is 40.5 Å². The molecule has 0 amide bonds. The number of aliphatic hydroxyl groups is 2. The Hall–Kier alpha value is -0.770. The molecule has 0 saturated carbocycles. The van der Waals surface area contributed by atoms with Crippen LogP contribution in [-0.2, 0) is 36.7 Å². The monoisotopic (exact) mass is 594 g/mol. The summed E-state index contributed by atoms with van der Waals surface area (Å²) in [6, 6.07) is 20.6. The summed E-state index contributed by atoms with van der Waals surface area (Å²) in [7, 11) is 0. The summed E-state index contributed by atoms with van der Waals surface area (Å²) >= 11 is 0. The summed E-state index contributed by atoms with van der Waals surface area (Å²) in [5.74, 6) is 0. The molecule has 0 saturated heterocycles. The molecular weight excluding hydrogens is 547 g/mol. The molecule has 0 heterocycles. The molecule has 2 rings (SSSR count). The Morgan fingerprint density at radius 2 is 0.871 bits per heavy atom. The molecule has 0 atom stereocenters. The number of aliphatic hydroxyl groups excluding tert-OH is 2. The molecule has 0 aliphatic carbocycles. The Bertz CT molecular complexity index is 524. The molecule has 2 N–H and O–H groups in total. The predicted molar refractivity (Wildman–Crippen MR) is 134 cm³/mol. The van der Waals surface area contributed by atoms with Crippen molar-refractivity contribution in [3.05, 3.63) is 85.6 Å². The third-order valence-corrected chi connectivity index (χ3v) is 4.13. The molecule has 176 valence electrons. The van der Waals surface area contributed by atoms with Gasteiger partial charge in [0.05, 0.1) is 0 Å². The largest absolute Gasteiger partial charge is 0.396 e. The smallest absolute Gasteiger partial charge is 0.0430 e. The third kappa shape index (κ3) is 22.2. The molecule has 2 aromatic rings. The van der Waals surface area contributed by atoms with E-state index < -0.39 is 0 Å². The zero-order valence-electron chi connectivity index (χ0n) is 20.8. The summed E-state index contributed by atoms with van der Waals surface area (Å²) < 4.78 is 0. The Labute approximate surface area is 212 Å². The van der Waals surface area contributed by atoms with E-state index in [9.17, 15) is 0 Å². The van der Waals surface area contributed by atoms with Crippen molar-refractivity contribution in [2.75, 3.05) is 13.2 Å². The van der Waals surface area contributed by atoms with Gasteiger partial charge in [0, 0.05) is 39.1 Å². The van der Waals surface area contributed by atoms with Gasteiger partial charge in [-0.25, -0.2) is 0 Å². The Morgan fingerprint density at radius 3 is 0.968 bits per heavy atom. The fourth-order valence-corrected chi connectivity index (χ4v) is 2.09. The second-order valence-electron chi connectivity index (χ2n) is 8.65. The molecule has 0 bridgehead atoms. The van der Waals surface area contributed by atoms with E-state index in [1.807, 2.05) is 36.4 Å². The van der Waals surface area contributed by atoms with Crippen LogP contribution in [0.3, 0.4) is 0 Å². The van der Waals surface area contributed by atoms with E-state index in [0.717, 1.165) is 25.7 Å². The quantitative estimate of drug-likeness (QED) is 0.276. The fourth-order valence-electron chi connectivity index (χ4n) is 2.09. The minimum absolute atomic E-state index is 0. The molecule has 0 aliphatic rings. The molecule has 31 heavy (non-hydrogen) atoms. The molecule has 0 unspecified atom stereocenters. The van der Waals surface area contributed by atoms with Gasteiger partial charge in [-0.15, -0.1) is 10.8 Å². The van der Waals surface area contributed by atoms with Crippen LogP contribution in [-0.4, -0.2) is 23.4 Å². The van der Waals surface area contributed by atoms with E-state index in [0.29, 0.717) is 13.2 Å².